The van der Waals surface area contributed by atoms with Crippen molar-refractivity contribution in [1.82, 2.24) is 14.5 Å². The van der Waals surface area contributed by atoms with Crippen LogP contribution in [0.2, 0.25) is 0 Å². The first kappa shape index (κ1) is 20.0. The third kappa shape index (κ3) is 4.06. The summed E-state index contributed by atoms with van der Waals surface area (Å²) >= 11 is 0. The van der Waals surface area contributed by atoms with Crippen LogP contribution < -0.4 is 0 Å². The number of amides is 1. The van der Waals surface area contributed by atoms with Crippen LogP contribution in [-0.2, 0) is 13.1 Å². The van der Waals surface area contributed by atoms with Gasteiger partial charge in [0.1, 0.15) is 17.2 Å². The van der Waals surface area contributed by atoms with Crippen molar-refractivity contribution in [3.8, 4) is 0 Å². The molecule has 0 saturated heterocycles. The number of aryl methyl sites for hydroxylation is 1. The Morgan fingerprint density at radius 1 is 1.11 bits per heavy atom. The standard InChI is InChI=1S/C22H25F2N3O/c1-4-12-27-19-11-7-10-18(24)21(19)25-20(27)14-26(13-15(2)3)22(28)16-8-5-6-9-17(16)23/h5-11,15H,4,12-14H2,1-3H3. The Kier molecular flexibility index (Phi) is 6.07. The Balaban J connectivity index is 2.01. The molecule has 0 bridgehead atoms. The quantitative estimate of drug-likeness (QED) is 0.573. The Bertz CT molecular complexity index is 981. The number of hydrogen-bond acceptors (Lipinski definition) is 2. The number of para-hydroxylation sites is 1. The van der Waals surface area contributed by atoms with Gasteiger partial charge in [-0.1, -0.05) is 39.0 Å². The van der Waals surface area contributed by atoms with E-state index in [9.17, 15) is 13.6 Å². The third-order valence-electron chi connectivity index (χ3n) is 4.57. The third-order valence-corrected chi connectivity index (χ3v) is 4.57. The van der Waals surface area contributed by atoms with Gasteiger partial charge in [-0.15, -0.1) is 0 Å². The highest BCUT2D eigenvalue weighted by Gasteiger charge is 2.23. The molecule has 0 aliphatic rings. The molecule has 0 fully saturated rings. The first-order valence-corrected chi connectivity index (χ1v) is 9.59. The topological polar surface area (TPSA) is 38.1 Å². The number of imidazole rings is 1. The first-order valence-electron chi connectivity index (χ1n) is 9.59. The van der Waals surface area contributed by atoms with E-state index in [0.29, 0.717) is 29.9 Å². The van der Waals surface area contributed by atoms with Crippen molar-refractivity contribution >= 4 is 16.9 Å². The zero-order valence-electron chi connectivity index (χ0n) is 16.5. The second-order valence-corrected chi connectivity index (χ2v) is 7.35. The van der Waals surface area contributed by atoms with E-state index in [1.54, 1.807) is 23.1 Å². The highest BCUT2D eigenvalue weighted by Crippen LogP contribution is 2.22. The Hall–Kier alpha value is -2.76. The van der Waals surface area contributed by atoms with E-state index >= 15 is 0 Å². The molecule has 3 aromatic rings. The van der Waals surface area contributed by atoms with Crippen LogP contribution in [0.15, 0.2) is 42.5 Å². The zero-order valence-corrected chi connectivity index (χ0v) is 16.5. The van der Waals surface area contributed by atoms with Crippen LogP contribution in [0, 0.1) is 17.6 Å². The zero-order chi connectivity index (χ0) is 20.3. The largest absolute Gasteiger partial charge is 0.331 e. The van der Waals surface area contributed by atoms with Crippen molar-refractivity contribution in [2.45, 2.75) is 40.3 Å². The van der Waals surface area contributed by atoms with Gasteiger partial charge in [0, 0.05) is 13.1 Å². The second kappa shape index (κ2) is 8.50. The summed E-state index contributed by atoms with van der Waals surface area (Å²) in [4.78, 5) is 19.1. The predicted octanol–water partition coefficient (Wildman–Crippen LogP) is 5.02. The van der Waals surface area contributed by atoms with Gasteiger partial charge in [-0.25, -0.2) is 13.8 Å². The number of benzene rings is 2. The lowest BCUT2D eigenvalue weighted by Gasteiger charge is -2.25. The lowest BCUT2D eigenvalue weighted by atomic mass is 10.1. The molecule has 0 saturated carbocycles. The number of hydrogen-bond donors (Lipinski definition) is 0. The molecule has 2 aromatic carbocycles. The van der Waals surface area contributed by atoms with Gasteiger partial charge in [0.25, 0.3) is 5.91 Å². The van der Waals surface area contributed by atoms with Gasteiger partial charge in [0.05, 0.1) is 17.6 Å². The maximum absolute atomic E-state index is 14.2. The fourth-order valence-corrected chi connectivity index (χ4v) is 3.39. The van der Waals surface area contributed by atoms with Crippen LogP contribution in [0.3, 0.4) is 0 Å². The van der Waals surface area contributed by atoms with E-state index in [0.717, 1.165) is 6.42 Å². The molecule has 28 heavy (non-hydrogen) atoms. The van der Waals surface area contributed by atoms with Crippen molar-refractivity contribution in [2.24, 2.45) is 5.92 Å². The van der Waals surface area contributed by atoms with Crippen LogP contribution in [0.25, 0.3) is 11.0 Å². The summed E-state index contributed by atoms with van der Waals surface area (Å²) < 4.78 is 30.4. The van der Waals surface area contributed by atoms with Crippen molar-refractivity contribution in [1.29, 1.82) is 0 Å². The van der Waals surface area contributed by atoms with E-state index in [1.165, 1.54) is 18.2 Å². The van der Waals surface area contributed by atoms with Gasteiger partial charge in [0.15, 0.2) is 5.82 Å². The number of fused-ring (bicyclic) bond motifs is 1. The highest BCUT2D eigenvalue weighted by atomic mass is 19.1. The highest BCUT2D eigenvalue weighted by molar-refractivity contribution is 5.94. The summed E-state index contributed by atoms with van der Waals surface area (Å²) in [5.41, 5.74) is 1.04. The fraction of sp³-hybridized carbons (Fsp3) is 0.364. The van der Waals surface area contributed by atoms with Crippen LogP contribution >= 0.6 is 0 Å². The normalized spacial score (nSPS) is 11.4. The maximum atomic E-state index is 14.2. The predicted molar refractivity (Wildman–Crippen MR) is 106 cm³/mol. The number of nitrogens with zero attached hydrogens (tertiary/aromatic N) is 3. The lowest BCUT2D eigenvalue weighted by Crippen LogP contribution is -2.35. The van der Waals surface area contributed by atoms with E-state index in [4.69, 9.17) is 0 Å². The van der Waals surface area contributed by atoms with Crippen molar-refractivity contribution < 1.29 is 13.6 Å². The van der Waals surface area contributed by atoms with Gasteiger partial charge >= 0.3 is 0 Å². The lowest BCUT2D eigenvalue weighted by molar-refractivity contribution is 0.0711. The first-order chi connectivity index (χ1) is 13.4. The number of rotatable bonds is 7. The van der Waals surface area contributed by atoms with Gasteiger partial charge in [0.2, 0.25) is 0 Å². The minimum absolute atomic E-state index is 0.0347. The molecule has 0 atom stereocenters. The Morgan fingerprint density at radius 2 is 1.82 bits per heavy atom. The molecule has 1 amide bonds. The minimum Gasteiger partial charge on any atom is -0.331 e. The monoisotopic (exact) mass is 385 g/mol. The molecule has 0 spiro atoms. The number of halogens is 2. The van der Waals surface area contributed by atoms with E-state index in [2.05, 4.69) is 4.98 Å². The number of carbonyl (C=O) groups is 1. The van der Waals surface area contributed by atoms with Crippen molar-refractivity contribution in [3.63, 3.8) is 0 Å². The molecule has 1 heterocycles. The molecule has 1 aromatic heterocycles. The molecule has 0 radical (unpaired) electrons. The summed E-state index contributed by atoms with van der Waals surface area (Å²) in [5, 5.41) is 0. The van der Waals surface area contributed by atoms with Gasteiger partial charge in [-0.2, -0.15) is 0 Å². The van der Waals surface area contributed by atoms with Crippen LogP contribution in [0.4, 0.5) is 8.78 Å². The average molecular weight is 385 g/mol. The van der Waals surface area contributed by atoms with E-state index < -0.39 is 5.82 Å². The van der Waals surface area contributed by atoms with E-state index in [1.807, 2.05) is 31.4 Å². The van der Waals surface area contributed by atoms with Gasteiger partial charge < -0.3 is 9.47 Å². The molecule has 148 valence electrons. The number of aromatic nitrogens is 2. The van der Waals surface area contributed by atoms with E-state index in [-0.39, 0.29) is 29.8 Å². The Morgan fingerprint density at radius 3 is 2.50 bits per heavy atom. The number of carbonyl (C=O) groups excluding carboxylic acids is 1. The second-order valence-electron chi connectivity index (χ2n) is 7.35. The van der Waals surface area contributed by atoms with Crippen LogP contribution in [-0.4, -0.2) is 26.9 Å². The fourth-order valence-electron chi connectivity index (χ4n) is 3.39. The summed E-state index contributed by atoms with van der Waals surface area (Å²) in [5.74, 6) is -0.523. The van der Waals surface area contributed by atoms with Crippen molar-refractivity contribution in [3.05, 3.63) is 65.5 Å². The van der Waals surface area contributed by atoms with Gasteiger partial charge in [-0.3, -0.25) is 4.79 Å². The minimum atomic E-state index is -0.547. The molecule has 4 nitrogen and oxygen atoms in total. The molecule has 0 aliphatic carbocycles. The SMILES string of the molecule is CCCn1c(CN(CC(C)C)C(=O)c2ccccc2F)nc2c(F)cccc21. The molecular weight excluding hydrogens is 360 g/mol. The average Bonchev–Trinajstić information content (AvgIpc) is 3.00. The van der Waals surface area contributed by atoms with Crippen molar-refractivity contribution in [2.75, 3.05) is 6.54 Å². The molecule has 0 N–H and O–H groups in total. The Labute approximate surface area is 163 Å². The van der Waals surface area contributed by atoms with Crippen LogP contribution in [0.5, 0.6) is 0 Å². The smallest absolute Gasteiger partial charge is 0.257 e. The summed E-state index contributed by atoms with van der Waals surface area (Å²) in [7, 11) is 0. The molecule has 3 rings (SSSR count). The maximum Gasteiger partial charge on any atom is 0.257 e. The summed E-state index contributed by atoms with van der Waals surface area (Å²) in [6, 6.07) is 10.8. The molecule has 0 aliphatic heterocycles. The molecule has 0 unspecified atom stereocenters. The molecule has 6 heteroatoms. The van der Waals surface area contributed by atoms with Gasteiger partial charge in [-0.05, 0) is 36.6 Å². The summed E-state index contributed by atoms with van der Waals surface area (Å²) in [6.07, 6.45) is 0.848. The summed E-state index contributed by atoms with van der Waals surface area (Å²) in [6.45, 7) is 7.33. The molecular formula is C22H25F2N3O. The van der Waals surface area contributed by atoms with Crippen LogP contribution in [0.1, 0.15) is 43.4 Å².